The molecular formula is C8H15Na3O14S2. The maximum Gasteiger partial charge on any atom is 1.00 e. The van der Waals surface area contributed by atoms with Crippen molar-refractivity contribution in [2.24, 2.45) is 0 Å². The molecule has 19 heteroatoms. The van der Waals surface area contributed by atoms with E-state index in [-0.39, 0.29) is 93.0 Å². The third kappa shape index (κ3) is 19.8. The maximum absolute atomic E-state index is 10.2. The first kappa shape index (κ1) is 38.3. The molecule has 0 bridgehead atoms. The van der Waals surface area contributed by atoms with Gasteiger partial charge in [-0.2, -0.15) is 16.8 Å². The molecule has 0 aromatic rings. The van der Waals surface area contributed by atoms with Crippen LogP contribution in [0.4, 0.5) is 0 Å². The summed E-state index contributed by atoms with van der Waals surface area (Å²) < 4.78 is 57.3. The van der Waals surface area contributed by atoms with E-state index in [0.717, 1.165) is 0 Å². The van der Waals surface area contributed by atoms with Crippen molar-refractivity contribution in [1.82, 2.24) is 0 Å². The van der Waals surface area contributed by atoms with Crippen LogP contribution in [-0.4, -0.2) is 80.7 Å². The van der Waals surface area contributed by atoms with Gasteiger partial charge in [0.2, 0.25) is 0 Å². The molecule has 0 saturated heterocycles. The SMILES string of the molecule is O=C(O)CC(C(=O)O)S(=O)(=O)O.O=C(O)CC(C(=O)O)S(=O)(=O)O.[H-].[H-].[H-].[Na+].[Na+].[Na+]. The fraction of sp³-hybridized carbons (Fsp3) is 0.500. The van der Waals surface area contributed by atoms with Gasteiger partial charge in [0.15, 0.2) is 10.5 Å². The minimum atomic E-state index is -4.84. The first-order chi connectivity index (χ1) is 10.5. The van der Waals surface area contributed by atoms with Crippen LogP contribution < -0.4 is 88.7 Å². The summed E-state index contributed by atoms with van der Waals surface area (Å²) in [7, 11) is -9.68. The van der Waals surface area contributed by atoms with Gasteiger partial charge in [-0.15, -0.1) is 0 Å². The van der Waals surface area contributed by atoms with Crippen molar-refractivity contribution in [3.8, 4) is 0 Å². The standard InChI is InChI=1S/2C4H6O7S.3Na.3H/c2*5-3(6)1-2(4(7)8)12(9,10)11;;;;;;/h2*2H,1H2,(H,5,6)(H,7,8)(H,9,10,11);;;;;;/q;;3*+1;3*-1. The zero-order valence-electron chi connectivity index (χ0n) is 17.3. The Hall–Kier alpha value is 0.700. The van der Waals surface area contributed by atoms with Crippen LogP contribution in [-0.2, 0) is 39.4 Å². The quantitative estimate of drug-likeness (QED) is 0.143. The van der Waals surface area contributed by atoms with E-state index < -0.39 is 67.5 Å². The molecule has 0 aliphatic carbocycles. The van der Waals surface area contributed by atoms with Crippen LogP contribution in [0.15, 0.2) is 0 Å². The first-order valence-electron chi connectivity index (χ1n) is 5.32. The summed E-state index contributed by atoms with van der Waals surface area (Å²) in [5, 5.41) is 27.8. The van der Waals surface area contributed by atoms with Crippen molar-refractivity contribution >= 4 is 44.1 Å². The van der Waals surface area contributed by atoms with Gasteiger partial charge in [-0.1, -0.05) is 0 Å². The Bertz CT molecular complexity index is 667. The molecule has 0 radical (unpaired) electrons. The molecule has 14 nitrogen and oxygen atoms in total. The second-order valence-corrected chi connectivity index (χ2v) is 7.08. The number of aliphatic carboxylic acids is 4. The second-order valence-electron chi connectivity index (χ2n) is 3.88. The van der Waals surface area contributed by atoms with Gasteiger partial charge in [0.25, 0.3) is 20.2 Å². The van der Waals surface area contributed by atoms with Crippen LogP contribution in [0, 0.1) is 0 Å². The van der Waals surface area contributed by atoms with Crippen LogP contribution in [0.2, 0.25) is 0 Å². The van der Waals surface area contributed by atoms with E-state index in [9.17, 15) is 36.0 Å². The molecule has 0 heterocycles. The van der Waals surface area contributed by atoms with Crippen molar-refractivity contribution in [2.75, 3.05) is 0 Å². The summed E-state index contributed by atoms with van der Waals surface area (Å²) in [6.45, 7) is 0. The van der Waals surface area contributed by atoms with E-state index in [2.05, 4.69) is 0 Å². The van der Waals surface area contributed by atoms with Crippen molar-refractivity contribution in [2.45, 2.75) is 23.3 Å². The van der Waals surface area contributed by atoms with E-state index in [1.54, 1.807) is 0 Å². The number of carboxylic acid groups (broad SMARTS) is 4. The van der Waals surface area contributed by atoms with Gasteiger partial charge in [0.1, 0.15) is 0 Å². The normalized spacial score (nSPS) is 12.2. The number of hydrogen-bond donors (Lipinski definition) is 6. The minimum Gasteiger partial charge on any atom is -1.00 e. The molecule has 2 unspecified atom stereocenters. The van der Waals surface area contributed by atoms with Crippen molar-refractivity contribution in [3.63, 3.8) is 0 Å². The van der Waals surface area contributed by atoms with E-state index in [1.165, 1.54) is 0 Å². The Balaban J connectivity index is -0.0000000448. The molecule has 0 amide bonds. The van der Waals surface area contributed by atoms with E-state index in [0.29, 0.717) is 0 Å². The maximum atomic E-state index is 10.2. The predicted molar refractivity (Wildman–Crippen MR) is 73.8 cm³/mol. The molecule has 0 rings (SSSR count). The topological polar surface area (TPSA) is 258 Å². The number of rotatable bonds is 8. The van der Waals surface area contributed by atoms with Crippen LogP contribution in [0.5, 0.6) is 0 Å². The molecule has 0 aromatic carbocycles. The molecule has 2 atom stereocenters. The fourth-order valence-corrected chi connectivity index (χ4v) is 2.17. The Morgan fingerprint density at radius 2 is 0.815 bits per heavy atom. The zero-order chi connectivity index (χ0) is 19.9. The molecule has 0 saturated carbocycles. The van der Waals surface area contributed by atoms with E-state index in [1.807, 2.05) is 0 Å². The summed E-state index contributed by atoms with van der Waals surface area (Å²) in [5.41, 5.74) is 0. The van der Waals surface area contributed by atoms with Gasteiger partial charge >= 0.3 is 113 Å². The van der Waals surface area contributed by atoms with Crippen LogP contribution in [0.1, 0.15) is 17.1 Å². The smallest absolute Gasteiger partial charge is 1.00 e. The zero-order valence-corrected chi connectivity index (χ0v) is 22.0. The summed E-state index contributed by atoms with van der Waals surface area (Å²) in [6, 6.07) is 0. The Morgan fingerprint density at radius 1 is 0.630 bits per heavy atom. The monoisotopic (exact) mass is 468 g/mol. The molecule has 0 aromatic heterocycles. The summed E-state index contributed by atoms with van der Waals surface area (Å²) >= 11 is 0. The van der Waals surface area contributed by atoms with E-state index in [4.69, 9.17) is 29.5 Å². The van der Waals surface area contributed by atoms with Crippen molar-refractivity contribution in [1.29, 1.82) is 0 Å². The van der Waals surface area contributed by atoms with Gasteiger partial charge in [-0.25, -0.2) is 0 Å². The average molecular weight is 468 g/mol. The Kier molecular flexibility index (Phi) is 23.4. The predicted octanol–water partition coefficient (Wildman–Crippen LogP) is -11.0. The van der Waals surface area contributed by atoms with Crippen molar-refractivity contribution < 1.29 is 158 Å². The molecule has 27 heavy (non-hydrogen) atoms. The molecule has 0 aliphatic heterocycles. The average Bonchev–Trinajstić information content (AvgIpc) is 2.30. The largest absolute Gasteiger partial charge is 1.00 e. The molecule has 0 spiro atoms. The van der Waals surface area contributed by atoms with Crippen LogP contribution >= 0.6 is 0 Å². The molecule has 0 fully saturated rings. The summed E-state index contributed by atoms with van der Waals surface area (Å²) in [5.74, 6) is -7.00. The molecule has 6 N–H and O–H groups in total. The van der Waals surface area contributed by atoms with Crippen molar-refractivity contribution in [3.05, 3.63) is 0 Å². The van der Waals surface area contributed by atoms with Gasteiger partial charge in [0, 0.05) is 0 Å². The van der Waals surface area contributed by atoms with Gasteiger partial charge in [-0.3, -0.25) is 28.3 Å². The van der Waals surface area contributed by atoms with Gasteiger partial charge < -0.3 is 24.7 Å². The number of hydrogen-bond acceptors (Lipinski definition) is 8. The Morgan fingerprint density at radius 3 is 0.852 bits per heavy atom. The third-order valence-corrected chi connectivity index (χ3v) is 4.16. The van der Waals surface area contributed by atoms with Gasteiger partial charge in [-0.05, 0) is 0 Å². The third-order valence-electron chi connectivity index (χ3n) is 1.99. The summed E-state index contributed by atoms with van der Waals surface area (Å²) in [6.07, 6.45) is -2.32. The minimum absolute atomic E-state index is 0. The number of carboxylic acids is 4. The van der Waals surface area contributed by atoms with E-state index >= 15 is 0 Å². The van der Waals surface area contributed by atoms with Crippen LogP contribution in [0.25, 0.3) is 0 Å². The fourth-order valence-electron chi connectivity index (χ4n) is 0.957. The van der Waals surface area contributed by atoms with Gasteiger partial charge in [0.05, 0.1) is 12.8 Å². The molecule has 146 valence electrons. The molecular weight excluding hydrogens is 453 g/mol. The summed E-state index contributed by atoms with van der Waals surface area (Å²) in [4.78, 5) is 40.0. The van der Waals surface area contributed by atoms with Crippen LogP contribution in [0.3, 0.4) is 0 Å². The number of carbonyl (C=O) groups is 4. The first-order valence-corrected chi connectivity index (χ1v) is 8.32. The second kappa shape index (κ2) is 16.5. The Labute approximate surface area is 223 Å². The molecule has 0 aliphatic rings.